The molecular weight excluding hydrogens is 428 g/mol. The molecule has 168 valence electrons. The highest BCUT2D eigenvalue weighted by atomic mass is 32.2. The number of para-hydroxylation sites is 1. The van der Waals surface area contributed by atoms with E-state index in [4.69, 9.17) is 4.74 Å². The molecule has 0 unspecified atom stereocenters. The minimum atomic E-state index is -3.88. The Kier molecular flexibility index (Phi) is 5.20. The number of hydrogen-bond donors (Lipinski definition) is 0. The summed E-state index contributed by atoms with van der Waals surface area (Å²) in [5.41, 5.74) is 2.26. The van der Waals surface area contributed by atoms with Crippen LogP contribution in [0.5, 0.6) is 5.75 Å². The van der Waals surface area contributed by atoms with Crippen molar-refractivity contribution in [3.63, 3.8) is 0 Å². The summed E-state index contributed by atoms with van der Waals surface area (Å²) in [5, 5.41) is 0. The zero-order valence-electron chi connectivity index (χ0n) is 18.0. The zero-order chi connectivity index (χ0) is 22.5. The van der Waals surface area contributed by atoms with Crippen molar-refractivity contribution in [1.29, 1.82) is 0 Å². The van der Waals surface area contributed by atoms with Gasteiger partial charge in [0.1, 0.15) is 10.6 Å². The summed E-state index contributed by atoms with van der Waals surface area (Å²) in [5.74, 6) is -0.467. The topological polar surface area (TPSA) is 84.0 Å². The van der Waals surface area contributed by atoms with E-state index in [0.717, 1.165) is 31.2 Å². The normalized spacial score (nSPS) is 22.8. The Hall–Kier alpha value is -2.87. The molecule has 2 atom stereocenters. The number of anilines is 1. The molecule has 0 radical (unpaired) electrons. The number of ether oxygens (including phenoxy) is 1. The first-order chi connectivity index (χ1) is 15.4. The number of methoxy groups -OCH3 is 1. The van der Waals surface area contributed by atoms with Crippen molar-refractivity contribution in [2.45, 2.75) is 43.5 Å². The molecule has 2 heterocycles. The van der Waals surface area contributed by atoms with Crippen molar-refractivity contribution < 1.29 is 22.7 Å². The maximum atomic E-state index is 13.6. The van der Waals surface area contributed by atoms with Gasteiger partial charge in [-0.2, -0.15) is 0 Å². The number of fused-ring (bicyclic) bond motifs is 2. The predicted molar refractivity (Wildman–Crippen MR) is 119 cm³/mol. The third kappa shape index (κ3) is 3.28. The molecule has 1 aliphatic carbocycles. The third-order valence-electron chi connectivity index (χ3n) is 6.91. The first-order valence-corrected chi connectivity index (χ1v) is 12.5. The Morgan fingerprint density at radius 2 is 1.69 bits per heavy atom. The van der Waals surface area contributed by atoms with E-state index < -0.39 is 10.0 Å². The van der Waals surface area contributed by atoms with Gasteiger partial charge in [0.15, 0.2) is 0 Å². The molecule has 7 nitrogen and oxygen atoms in total. The van der Waals surface area contributed by atoms with Crippen molar-refractivity contribution in [2.75, 3.05) is 18.0 Å². The van der Waals surface area contributed by atoms with E-state index in [1.165, 1.54) is 22.4 Å². The van der Waals surface area contributed by atoms with Crippen LogP contribution in [0.4, 0.5) is 5.69 Å². The van der Waals surface area contributed by atoms with E-state index in [2.05, 4.69) is 0 Å². The van der Waals surface area contributed by atoms with Crippen molar-refractivity contribution in [1.82, 2.24) is 4.90 Å². The van der Waals surface area contributed by atoms with Crippen LogP contribution in [-0.2, 0) is 32.6 Å². The summed E-state index contributed by atoms with van der Waals surface area (Å²) < 4.78 is 34.0. The average molecular weight is 455 g/mol. The van der Waals surface area contributed by atoms with Gasteiger partial charge in [-0.1, -0.05) is 37.1 Å². The number of imide groups is 1. The van der Waals surface area contributed by atoms with Crippen molar-refractivity contribution >= 4 is 27.5 Å². The number of hydrogen-bond acceptors (Lipinski definition) is 5. The van der Waals surface area contributed by atoms with Gasteiger partial charge in [0.25, 0.3) is 10.0 Å². The van der Waals surface area contributed by atoms with Gasteiger partial charge >= 0.3 is 0 Å². The number of carbonyl (C=O) groups excluding carboxylic acids is 2. The average Bonchev–Trinajstić information content (AvgIpc) is 3.35. The van der Waals surface area contributed by atoms with E-state index in [0.29, 0.717) is 24.2 Å². The lowest BCUT2D eigenvalue weighted by Crippen LogP contribution is -2.31. The van der Waals surface area contributed by atoms with E-state index >= 15 is 0 Å². The fourth-order valence-corrected chi connectivity index (χ4v) is 6.98. The Morgan fingerprint density at radius 3 is 2.38 bits per heavy atom. The maximum Gasteiger partial charge on any atom is 0.268 e. The number of benzene rings is 2. The number of sulfonamides is 1. The van der Waals surface area contributed by atoms with Gasteiger partial charge in [-0.3, -0.25) is 18.8 Å². The lowest BCUT2D eigenvalue weighted by molar-refractivity contribution is -0.140. The van der Waals surface area contributed by atoms with Crippen LogP contribution >= 0.6 is 0 Å². The molecule has 2 aromatic rings. The van der Waals surface area contributed by atoms with Gasteiger partial charge in [0.05, 0.1) is 31.2 Å². The molecular formula is C24H26N2O5S. The monoisotopic (exact) mass is 454 g/mol. The molecule has 2 aromatic carbocycles. The quantitative estimate of drug-likeness (QED) is 0.648. The Balaban J connectivity index is 1.47. The second-order valence-electron chi connectivity index (χ2n) is 8.70. The summed E-state index contributed by atoms with van der Waals surface area (Å²) in [6.45, 7) is 0.440. The van der Waals surface area contributed by atoms with Crippen LogP contribution in [0.3, 0.4) is 0 Å². The minimum absolute atomic E-state index is 0.0470. The summed E-state index contributed by atoms with van der Waals surface area (Å²) in [6, 6.07) is 12.3. The van der Waals surface area contributed by atoms with Gasteiger partial charge in [0.2, 0.25) is 11.8 Å². The van der Waals surface area contributed by atoms with Crippen LogP contribution < -0.4 is 9.04 Å². The van der Waals surface area contributed by atoms with E-state index in [9.17, 15) is 18.0 Å². The van der Waals surface area contributed by atoms with Crippen LogP contribution in [-0.4, -0.2) is 38.8 Å². The molecule has 3 aliphatic rings. The largest absolute Gasteiger partial charge is 0.495 e. The Morgan fingerprint density at radius 1 is 1.00 bits per heavy atom. The molecule has 5 rings (SSSR count). The molecule has 0 N–H and O–H groups in total. The Bertz CT molecular complexity index is 1170. The van der Waals surface area contributed by atoms with Crippen molar-refractivity contribution in [3.8, 4) is 5.75 Å². The molecule has 32 heavy (non-hydrogen) atoms. The van der Waals surface area contributed by atoms with Crippen molar-refractivity contribution in [2.24, 2.45) is 11.8 Å². The molecule has 1 saturated heterocycles. The fraction of sp³-hybridized carbons (Fsp3) is 0.417. The van der Waals surface area contributed by atoms with Crippen molar-refractivity contribution in [3.05, 3.63) is 53.6 Å². The van der Waals surface area contributed by atoms with E-state index in [1.807, 2.05) is 18.2 Å². The van der Waals surface area contributed by atoms with Crippen LogP contribution in [0, 0.1) is 11.8 Å². The lowest BCUT2D eigenvalue weighted by Gasteiger charge is -2.22. The smallest absolute Gasteiger partial charge is 0.268 e. The van der Waals surface area contributed by atoms with Crippen LogP contribution in [0.25, 0.3) is 0 Å². The minimum Gasteiger partial charge on any atom is -0.495 e. The molecule has 0 spiro atoms. The number of amides is 2. The molecule has 2 amide bonds. The predicted octanol–water partition coefficient (Wildman–Crippen LogP) is 3.12. The van der Waals surface area contributed by atoms with Crippen LogP contribution in [0.15, 0.2) is 47.4 Å². The van der Waals surface area contributed by atoms with Crippen LogP contribution in [0.2, 0.25) is 0 Å². The third-order valence-corrected chi connectivity index (χ3v) is 8.75. The number of likely N-dealkylation sites (tertiary alicyclic amines) is 1. The zero-order valence-corrected chi connectivity index (χ0v) is 18.8. The maximum absolute atomic E-state index is 13.6. The first-order valence-electron chi connectivity index (χ1n) is 11.0. The fourth-order valence-electron chi connectivity index (χ4n) is 5.27. The molecule has 0 bridgehead atoms. The second-order valence-corrected chi connectivity index (χ2v) is 10.5. The highest BCUT2D eigenvalue weighted by molar-refractivity contribution is 7.93. The number of rotatable bonds is 5. The standard InChI is InChI=1S/C24H26N2O5S/c1-31-21-11-10-16(15-25-23(27)18-7-3-4-8-19(18)24(25)28)14-22(21)32(29,30)26-13-12-17-6-2-5-9-20(17)26/h2,5-6,9-11,14,18-19H,3-4,7-8,12-13,15H2,1H3/t18-,19-/m0/s1. The Labute approximate surface area is 188 Å². The summed E-state index contributed by atoms with van der Waals surface area (Å²) in [6.07, 6.45) is 4.09. The van der Waals surface area contributed by atoms with Gasteiger partial charge < -0.3 is 4.74 Å². The molecule has 1 saturated carbocycles. The SMILES string of the molecule is COc1ccc(CN2C(=O)[C@H]3CCCC[C@@H]3C2=O)cc1S(=O)(=O)N1CCc2ccccc21. The number of carbonyl (C=O) groups is 2. The summed E-state index contributed by atoms with van der Waals surface area (Å²) in [4.78, 5) is 27.1. The number of nitrogens with zero attached hydrogens (tertiary/aromatic N) is 2. The second kappa shape index (κ2) is 7.92. The van der Waals surface area contributed by atoms with Crippen LogP contribution in [0.1, 0.15) is 36.8 Å². The summed E-state index contributed by atoms with van der Waals surface area (Å²) in [7, 11) is -2.44. The molecule has 2 fully saturated rings. The van der Waals surface area contributed by atoms with E-state index in [1.54, 1.807) is 18.2 Å². The molecule has 0 aromatic heterocycles. The highest BCUT2D eigenvalue weighted by Gasteiger charge is 2.48. The van der Waals surface area contributed by atoms with Gasteiger partial charge in [-0.15, -0.1) is 0 Å². The molecule has 2 aliphatic heterocycles. The van der Waals surface area contributed by atoms with E-state index in [-0.39, 0.29) is 40.8 Å². The van der Waals surface area contributed by atoms with Gasteiger partial charge in [0, 0.05) is 6.54 Å². The summed E-state index contributed by atoms with van der Waals surface area (Å²) >= 11 is 0. The highest BCUT2D eigenvalue weighted by Crippen LogP contribution is 2.40. The lowest BCUT2D eigenvalue weighted by atomic mass is 9.81. The van der Waals surface area contributed by atoms with Gasteiger partial charge in [-0.25, -0.2) is 8.42 Å². The molecule has 8 heteroatoms. The first kappa shape index (κ1) is 21.0. The van der Waals surface area contributed by atoms with Gasteiger partial charge in [-0.05, 0) is 48.6 Å².